The van der Waals surface area contributed by atoms with E-state index in [9.17, 15) is 0 Å². The Hall–Kier alpha value is 0.210. The zero-order valence-electron chi connectivity index (χ0n) is 7.47. The first kappa shape index (κ1) is 11.2. The van der Waals surface area contributed by atoms with Gasteiger partial charge >= 0.3 is 0 Å². The summed E-state index contributed by atoms with van der Waals surface area (Å²) in [6.45, 7) is 2.14. The van der Waals surface area contributed by atoms with E-state index in [1.54, 1.807) is 14.2 Å². The van der Waals surface area contributed by atoms with E-state index in [1.807, 2.05) is 0 Å². The molecular formula is C8H17ClO2. The molecule has 3 heteroatoms. The third-order valence-corrected chi connectivity index (χ3v) is 2.02. The highest BCUT2D eigenvalue weighted by molar-refractivity contribution is 6.20. The minimum Gasteiger partial charge on any atom is -0.354 e. The lowest BCUT2D eigenvalue weighted by molar-refractivity contribution is -0.104. The van der Waals surface area contributed by atoms with Crippen LogP contribution in [-0.2, 0) is 9.47 Å². The summed E-state index contributed by atoms with van der Waals surface area (Å²) in [6, 6.07) is 0. The first-order valence-electron chi connectivity index (χ1n) is 3.95. The van der Waals surface area contributed by atoms with Crippen LogP contribution >= 0.6 is 11.6 Å². The lowest BCUT2D eigenvalue weighted by Gasteiger charge is -2.18. The van der Waals surface area contributed by atoms with Gasteiger partial charge in [0.05, 0.1) is 5.38 Å². The monoisotopic (exact) mass is 180 g/mol. The number of halogens is 1. The largest absolute Gasteiger partial charge is 0.354 e. The molecule has 0 N–H and O–H groups in total. The predicted octanol–water partition coefficient (Wildman–Crippen LogP) is 2.40. The summed E-state index contributed by atoms with van der Waals surface area (Å²) in [5.74, 6) is 0. The molecule has 0 rings (SSSR count). The lowest BCUT2D eigenvalue weighted by atomic mass is 10.2. The van der Waals surface area contributed by atoms with Crippen molar-refractivity contribution in [2.75, 3.05) is 14.2 Å². The minimum atomic E-state index is -0.261. The summed E-state index contributed by atoms with van der Waals surface area (Å²) in [7, 11) is 3.21. The van der Waals surface area contributed by atoms with Gasteiger partial charge in [-0.1, -0.05) is 19.8 Å². The molecule has 1 atom stereocenters. The second kappa shape index (κ2) is 6.89. The number of hydrogen-bond donors (Lipinski definition) is 0. The number of unbranched alkanes of at least 4 members (excludes halogenated alkanes) is 1. The van der Waals surface area contributed by atoms with Gasteiger partial charge in [-0.3, -0.25) is 0 Å². The maximum Gasteiger partial charge on any atom is 0.173 e. The molecule has 0 aliphatic heterocycles. The summed E-state index contributed by atoms with van der Waals surface area (Å²) in [4.78, 5) is 0. The lowest BCUT2D eigenvalue weighted by Crippen LogP contribution is -2.25. The van der Waals surface area contributed by atoms with E-state index in [0.29, 0.717) is 0 Å². The van der Waals surface area contributed by atoms with Crippen molar-refractivity contribution in [2.24, 2.45) is 0 Å². The first-order valence-corrected chi connectivity index (χ1v) is 4.39. The number of ether oxygens (including phenoxy) is 2. The van der Waals surface area contributed by atoms with Crippen molar-refractivity contribution >= 4 is 11.6 Å². The molecule has 0 aromatic carbocycles. The van der Waals surface area contributed by atoms with E-state index in [2.05, 4.69) is 6.92 Å². The van der Waals surface area contributed by atoms with E-state index in [4.69, 9.17) is 21.1 Å². The second-order valence-corrected chi connectivity index (χ2v) is 3.06. The first-order chi connectivity index (χ1) is 5.26. The molecule has 0 saturated carbocycles. The van der Waals surface area contributed by atoms with E-state index in [0.717, 1.165) is 19.3 Å². The molecule has 0 spiro atoms. The number of methoxy groups -OCH3 is 2. The molecule has 0 bridgehead atoms. The zero-order valence-corrected chi connectivity index (χ0v) is 8.23. The van der Waals surface area contributed by atoms with Crippen LogP contribution in [0.25, 0.3) is 0 Å². The van der Waals surface area contributed by atoms with Gasteiger partial charge in [0.25, 0.3) is 0 Å². The topological polar surface area (TPSA) is 18.5 Å². The highest BCUT2D eigenvalue weighted by Gasteiger charge is 2.16. The average Bonchev–Trinajstić information content (AvgIpc) is 2.03. The van der Waals surface area contributed by atoms with Gasteiger partial charge in [-0.05, 0) is 6.42 Å². The Morgan fingerprint density at radius 1 is 1.27 bits per heavy atom. The maximum absolute atomic E-state index is 5.98. The van der Waals surface area contributed by atoms with Crippen LogP contribution in [0.5, 0.6) is 0 Å². The minimum absolute atomic E-state index is 0.0232. The quantitative estimate of drug-likeness (QED) is 0.462. The summed E-state index contributed by atoms with van der Waals surface area (Å²) < 4.78 is 10.0. The summed E-state index contributed by atoms with van der Waals surface area (Å²) in [6.07, 6.45) is 2.97. The van der Waals surface area contributed by atoms with Crippen LogP contribution in [0, 0.1) is 0 Å². The Kier molecular flexibility index (Phi) is 7.02. The molecule has 0 aliphatic carbocycles. The Balaban J connectivity index is 3.51. The molecule has 0 saturated heterocycles. The normalized spacial score (nSPS) is 13.9. The Morgan fingerprint density at radius 3 is 2.18 bits per heavy atom. The van der Waals surface area contributed by atoms with Crippen molar-refractivity contribution < 1.29 is 9.47 Å². The van der Waals surface area contributed by atoms with Crippen LogP contribution in [0.4, 0.5) is 0 Å². The highest BCUT2D eigenvalue weighted by atomic mass is 35.5. The standard InChI is InChI=1S/C8H17ClO2/c1-4-5-6-7(9)8(10-2)11-3/h7-8H,4-6H2,1-3H3. The molecule has 0 fully saturated rings. The zero-order chi connectivity index (χ0) is 8.69. The smallest absolute Gasteiger partial charge is 0.173 e. The van der Waals surface area contributed by atoms with Crippen molar-refractivity contribution in [3.63, 3.8) is 0 Å². The molecular weight excluding hydrogens is 164 g/mol. The SMILES string of the molecule is CCCCC(Cl)C(OC)OC. The van der Waals surface area contributed by atoms with E-state index < -0.39 is 0 Å². The summed E-state index contributed by atoms with van der Waals surface area (Å²) >= 11 is 5.98. The molecule has 0 heterocycles. The van der Waals surface area contributed by atoms with E-state index >= 15 is 0 Å². The van der Waals surface area contributed by atoms with Gasteiger partial charge in [0.2, 0.25) is 0 Å². The van der Waals surface area contributed by atoms with Gasteiger partial charge in [-0.15, -0.1) is 11.6 Å². The van der Waals surface area contributed by atoms with Gasteiger partial charge in [0.15, 0.2) is 6.29 Å². The van der Waals surface area contributed by atoms with Crippen molar-refractivity contribution in [2.45, 2.75) is 37.9 Å². The number of rotatable bonds is 6. The van der Waals surface area contributed by atoms with Gasteiger partial charge in [-0.25, -0.2) is 0 Å². The highest BCUT2D eigenvalue weighted by Crippen LogP contribution is 2.14. The van der Waals surface area contributed by atoms with Crippen LogP contribution < -0.4 is 0 Å². The second-order valence-electron chi connectivity index (χ2n) is 2.50. The van der Waals surface area contributed by atoms with Crippen LogP contribution in [0.15, 0.2) is 0 Å². The molecule has 0 radical (unpaired) electrons. The maximum atomic E-state index is 5.98. The fourth-order valence-corrected chi connectivity index (χ4v) is 1.29. The Bertz CT molecular complexity index is 84.2. The van der Waals surface area contributed by atoms with Gasteiger partial charge < -0.3 is 9.47 Å². The number of hydrogen-bond acceptors (Lipinski definition) is 2. The Labute approximate surface area is 73.8 Å². The Morgan fingerprint density at radius 2 is 1.82 bits per heavy atom. The molecule has 1 unspecified atom stereocenters. The van der Waals surface area contributed by atoms with E-state index in [-0.39, 0.29) is 11.7 Å². The molecule has 0 aliphatic rings. The van der Waals surface area contributed by atoms with Crippen LogP contribution in [0.1, 0.15) is 26.2 Å². The van der Waals surface area contributed by atoms with Crippen molar-refractivity contribution in [1.29, 1.82) is 0 Å². The molecule has 11 heavy (non-hydrogen) atoms. The summed E-state index contributed by atoms with van der Waals surface area (Å²) in [5.41, 5.74) is 0. The third kappa shape index (κ3) is 4.62. The van der Waals surface area contributed by atoms with E-state index in [1.165, 1.54) is 0 Å². The third-order valence-electron chi connectivity index (χ3n) is 1.59. The van der Waals surface area contributed by atoms with Crippen molar-refractivity contribution in [3.05, 3.63) is 0 Å². The van der Waals surface area contributed by atoms with Gasteiger partial charge in [0.1, 0.15) is 0 Å². The summed E-state index contributed by atoms with van der Waals surface area (Å²) in [5, 5.41) is -0.0232. The van der Waals surface area contributed by atoms with Crippen LogP contribution in [0.2, 0.25) is 0 Å². The molecule has 2 nitrogen and oxygen atoms in total. The fraction of sp³-hybridized carbons (Fsp3) is 1.00. The molecule has 68 valence electrons. The molecule has 0 aromatic rings. The predicted molar refractivity (Wildman–Crippen MR) is 47.0 cm³/mol. The molecule has 0 aromatic heterocycles. The van der Waals surface area contributed by atoms with Gasteiger partial charge in [0, 0.05) is 14.2 Å². The van der Waals surface area contributed by atoms with Crippen LogP contribution in [-0.4, -0.2) is 25.9 Å². The fourth-order valence-electron chi connectivity index (χ4n) is 0.927. The van der Waals surface area contributed by atoms with Gasteiger partial charge in [-0.2, -0.15) is 0 Å². The molecule has 0 amide bonds. The van der Waals surface area contributed by atoms with Crippen molar-refractivity contribution in [1.82, 2.24) is 0 Å². The van der Waals surface area contributed by atoms with Crippen molar-refractivity contribution in [3.8, 4) is 0 Å². The van der Waals surface area contributed by atoms with Crippen LogP contribution in [0.3, 0.4) is 0 Å². The average molecular weight is 181 g/mol. The number of alkyl halides is 1.